The molecule has 0 amide bonds. The standard InChI is InChI=1S/C24H29NO4.ClH/c1-25(2,3)15-9-8-14-21(23(26)27)24(28)29-16-22-19-12-6-4-10-17(19)18-11-5-7-13-20(18)22;/h4-7,10-13,21-22H,8-9,14-16H2,1-3H3;1H/p+1/t21-;/m0./s1. The van der Waals surface area contributed by atoms with Gasteiger partial charge in [-0.15, -0.1) is 12.4 Å². The summed E-state index contributed by atoms with van der Waals surface area (Å²) in [6.07, 6.45) is 1.88. The number of hydrogen-bond donors (Lipinski definition) is 1. The molecular weight excluding hydrogens is 402 g/mol. The van der Waals surface area contributed by atoms with E-state index in [1.54, 1.807) is 0 Å². The van der Waals surface area contributed by atoms with Crippen molar-refractivity contribution in [3.05, 3.63) is 59.7 Å². The Hall–Kier alpha value is -2.37. The summed E-state index contributed by atoms with van der Waals surface area (Å²) < 4.78 is 6.36. The summed E-state index contributed by atoms with van der Waals surface area (Å²) in [5, 5.41) is 9.51. The molecule has 3 rings (SSSR count). The Labute approximate surface area is 184 Å². The first-order valence-electron chi connectivity index (χ1n) is 10.2. The maximum Gasteiger partial charge on any atom is 0.320 e. The summed E-state index contributed by atoms with van der Waals surface area (Å²) in [6, 6.07) is 16.2. The van der Waals surface area contributed by atoms with E-state index in [9.17, 15) is 14.7 Å². The van der Waals surface area contributed by atoms with Crippen LogP contribution in [-0.2, 0) is 14.3 Å². The van der Waals surface area contributed by atoms with Gasteiger partial charge in [-0.1, -0.05) is 48.5 Å². The molecule has 1 atom stereocenters. The van der Waals surface area contributed by atoms with Gasteiger partial charge in [-0.05, 0) is 41.5 Å². The van der Waals surface area contributed by atoms with Gasteiger partial charge in [0.15, 0.2) is 5.92 Å². The van der Waals surface area contributed by atoms with Gasteiger partial charge in [0.25, 0.3) is 0 Å². The molecule has 0 saturated heterocycles. The summed E-state index contributed by atoms with van der Waals surface area (Å²) in [5.74, 6) is -2.90. The lowest BCUT2D eigenvalue weighted by Gasteiger charge is -2.24. The number of unbranched alkanes of at least 4 members (excludes halogenated alkanes) is 1. The number of aliphatic carboxylic acids is 1. The fraction of sp³-hybridized carbons (Fsp3) is 0.417. The Bertz CT molecular complexity index is 845. The van der Waals surface area contributed by atoms with Crippen molar-refractivity contribution in [1.29, 1.82) is 0 Å². The zero-order valence-corrected chi connectivity index (χ0v) is 18.7. The fourth-order valence-electron chi connectivity index (χ4n) is 3.98. The van der Waals surface area contributed by atoms with Crippen molar-refractivity contribution in [1.82, 2.24) is 0 Å². The third kappa shape index (κ3) is 5.61. The highest BCUT2D eigenvalue weighted by Crippen LogP contribution is 2.44. The number of esters is 1. The van der Waals surface area contributed by atoms with Crippen LogP contribution in [-0.4, -0.2) is 55.8 Å². The summed E-state index contributed by atoms with van der Waals surface area (Å²) >= 11 is 0. The molecule has 0 aromatic heterocycles. The maximum atomic E-state index is 12.5. The number of carboxylic acid groups (broad SMARTS) is 1. The van der Waals surface area contributed by atoms with E-state index in [0.717, 1.165) is 39.7 Å². The minimum atomic E-state index is -1.10. The Balaban J connectivity index is 0.00000320. The predicted octanol–water partition coefficient (Wildman–Crippen LogP) is 4.34. The van der Waals surface area contributed by atoms with Crippen LogP contribution in [0.25, 0.3) is 11.1 Å². The van der Waals surface area contributed by atoms with Crippen LogP contribution in [0.5, 0.6) is 0 Å². The van der Waals surface area contributed by atoms with Gasteiger partial charge in [-0.3, -0.25) is 9.59 Å². The van der Waals surface area contributed by atoms with Crippen LogP contribution in [0.2, 0.25) is 0 Å². The van der Waals surface area contributed by atoms with Crippen molar-refractivity contribution >= 4 is 24.3 Å². The number of nitrogens with zero attached hydrogens (tertiary/aromatic N) is 1. The molecule has 0 fully saturated rings. The lowest BCUT2D eigenvalue weighted by Crippen LogP contribution is -2.35. The van der Waals surface area contributed by atoms with Gasteiger partial charge in [0.2, 0.25) is 0 Å². The molecule has 0 bridgehead atoms. The first-order valence-corrected chi connectivity index (χ1v) is 10.2. The van der Waals surface area contributed by atoms with Crippen LogP contribution < -0.4 is 0 Å². The van der Waals surface area contributed by atoms with Crippen LogP contribution in [0.4, 0.5) is 0 Å². The first-order chi connectivity index (χ1) is 13.8. The summed E-state index contributed by atoms with van der Waals surface area (Å²) in [6.45, 7) is 1.10. The zero-order valence-electron chi connectivity index (χ0n) is 17.8. The molecule has 1 aliphatic rings. The van der Waals surface area contributed by atoms with E-state index in [-0.39, 0.29) is 24.9 Å². The second-order valence-electron chi connectivity index (χ2n) is 8.76. The van der Waals surface area contributed by atoms with Gasteiger partial charge < -0.3 is 14.3 Å². The average Bonchev–Trinajstić information content (AvgIpc) is 2.99. The topological polar surface area (TPSA) is 63.6 Å². The highest BCUT2D eigenvalue weighted by atomic mass is 35.5. The minimum Gasteiger partial charge on any atom is -0.481 e. The van der Waals surface area contributed by atoms with Crippen LogP contribution in [0.1, 0.15) is 36.3 Å². The lowest BCUT2D eigenvalue weighted by molar-refractivity contribution is -0.870. The van der Waals surface area contributed by atoms with E-state index in [4.69, 9.17) is 4.74 Å². The van der Waals surface area contributed by atoms with Gasteiger partial charge in [0.1, 0.15) is 6.61 Å². The van der Waals surface area contributed by atoms with Crippen molar-refractivity contribution in [2.24, 2.45) is 5.92 Å². The molecule has 2 aromatic carbocycles. The van der Waals surface area contributed by atoms with Gasteiger partial charge >= 0.3 is 11.9 Å². The highest BCUT2D eigenvalue weighted by Gasteiger charge is 2.32. The number of ether oxygens (including phenoxy) is 1. The van der Waals surface area contributed by atoms with Crippen LogP contribution in [0.15, 0.2) is 48.5 Å². The number of rotatable bonds is 9. The Kier molecular flexibility index (Phi) is 8.04. The smallest absolute Gasteiger partial charge is 0.320 e. The van der Waals surface area contributed by atoms with Gasteiger partial charge in [0.05, 0.1) is 27.7 Å². The number of halogens is 1. The molecule has 5 nitrogen and oxygen atoms in total. The summed E-state index contributed by atoms with van der Waals surface area (Å²) in [5.41, 5.74) is 4.55. The normalized spacial score (nSPS) is 13.7. The van der Waals surface area contributed by atoms with Crippen molar-refractivity contribution < 1.29 is 23.9 Å². The molecule has 162 valence electrons. The second-order valence-corrected chi connectivity index (χ2v) is 8.76. The molecule has 0 spiro atoms. The van der Waals surface area contributed by atoms with Gasteiger partial charge in [0, 0.05) is 5.92 Å². The van der Waals surface area contributed by atoms with E-state index < -0.39 is 17.9 Å². The predicted molar refractivity (Wildman–Crippen MR) is 120 cm³/mol. The van der Waals surface area contributed by atoms with Crippen molar-refractivity contribution in [2.75, 3.05) is 34.3 Å². The van der Waals surface area contributed by atoms with Crippen molar-refractivity contribution in [2.45, 2.75) is 25.2 Å². The quantitative estimate of drug-likeness (QED) is 0.277. The van der Waals surface area contributed by atoms with E-state index in [0.29, 0.717) is 12.8 Å². The number of benzene rings is 2. The molecule has 2 aromatic rings. The van der Waals surface area contributed by atoms with E-state index in [1.165, 1.54) is 0 Å². The maximum absolute atomic E-state index is 12.5. The Morgan fingerprint density at radius 2 is 1.50 bits per heavy atom. The average molecular weight is 433 g/mol. The monoisotopic (exact) mass is 432 g/mol. The van der Waals surface area contributed by atoms with Gasteiger partial charge in [-0.2, -0.15) is 0 Å². The Morgan fingerprint density at radius 3 is 2.00 bits per heavy atom. The molecule has 6 heteroatoms. The SMILES string of the molecule is C[N+](C)(C)CCCC[C@@H](C(=O)O)C(=O)OCC1c2ccccc2-c2ccccc21.Cl. The number of carbonyl (C=O) groups excluding carboxylic acids is 1. The number of carbonyl (C=O) groups is 2. The van der Waals surface area contributed by atoms with Crippen molar-refractivity contribution in [3.63, 3.8) is 0 Å². The number of quaternary nitrogens is 1. The molecule has 0 unspecified atom stereocenters. The molecule has 1 N–H and O–H groups in total. The lowest BCUT2D eigenvalue weighted by atomic mass is 9.97. The molecule has 0 radical (unpaired) electrons. The highest BCUT2D eigenvalue weighted by molar-refractivity contribution is 5.94. The van der Waals surface area contributed by atoms with E-state index >= 15 is 0 Å². The molecular formula is C24H31ClNO4+. The first kappa shape index (κ1) is 23.9. The zero-order chi connectivity index (χ0) is 21.0. The molecule has 0 aliphatic heterocycles. The third-order valence-corrected chi connectivity index (χ3v) is 5.51. The molecule has 0 heterocycles. The number of hydrogen-bond acceptors (Lipinski definition) is 3. The van der Waals surface area contributed by atoms with E-state index in [2.05, 4.69) is 33.3 Å². The van der Waals surface area contributed by atoms with Crippen LogP contribution >= 0.6 is 12.4 Å². The van der Waals surface area contributed by atoms with Crippen molar-refractivity contribution in [3.8, 4) is 11.1 Å². The van der Waals surface area contributed by atoms with Crippen LogP contribution in [0, 0.1) is 5.92 Å². The number of fused-ring (bicyclic) bond motifs is 3. The fourth-order valence-corrected chi connectivity index (χ4v) is 3.98. The third-order valence-electron chi connectivity index (χ3n) is 5.51. The second kappa shape index (κ2) is 10.1. The minimum absolute atomic E-state index is 0. The summed E-state index contributed by atoms with van der Waals surface area (Å²) in [7, 11) is 6.29. The molecule has 1 aliphatic carbocycles. The Morgan fingerprint density at radius 1 is 0.967 bits per heavy atom. The largest absolute Gasteiger partial charge is 0.481 e. The van der Waals surface area contributed by atoms with E-state index in [1.807, 2.05) is 36.4 Å². The summed E-state index contributed by atoms with van der Waals surface area (Å²) in [4.78, 5) is 24.2. The molecule has 30 heavy (non-hydrogen) atoms. The number of carboxylic acids is 1. The van der Waals surface area contributed by atoms with Crippen LogP contribution in [0.3, 0.4) is 0 Å². The molecule has 0 saturated carbocycles. The van der Waals surface area contributed by atoms with Gasteiger partial charge in [-0.25, -0.2) is 0 Å².